The Bertz CT molecular complexity index is 914. The smallest absolute Gasteiger partial charge is 0.224 e. The molecule has 0 unspecified atom stereocenters. The molecule has 1 saturated heterocycles. The molecular formula is C27H45ClN6O. The molecule has 3 aliphatic rings. The molecule has 0 spiro atoms. The maximum Gasteiger partial charge on any atom is 0.224 e. The van der Waals surface area contributed by atoms with Crippen LogP contribution in [0.15, 0.2) is 12.4 Å². The molecule has 8 heteroatoms. The summed E-state index contributed by atoms with van der Waals surface area (Å²) in [5.74, 6) is 2.20. The summed E-state index contributed by atoms with van der Waals surface area (Å²) in [6.07, 6.45) is 15.7. The molecule has 0 amide bonds. The van der Waals surface area contributed by atoms with Gasteiger partial charge in [0.05, 0.1) is 6.10 Å². The molecular weight excluding hydrogens is 460 g/mol. The van der Waals surface area contributed by atoms with E-state index in [0.717, 1.165) is 75.7 Å². The number of piperazine rings is 1. The molecule has 2 aromatic rings. The summed E-state index contributed by atoms with van der Waals surface area (Å²) in [4.78, 5) is 12.4. The summed E-state index contributed by atoms with van der Waals surface area (Å²) in [5.41, 5.74) is 2.55. The van der Waals surface area contributed by atoms with Gasteiger partial charge in [0.25, 0.3) is 0 Å². The zero-order valence-corrected chi connectivity index (χ0v) is 22.2. The molecule has 0 atom stereocenters. The van der Waals surface area contributed by atoms with Gasteiger partial charge >= 0.3 is 0 Å². The molecule has 1 aliphatic heterocycles. The Labute approximate surface area is 216 Å². The van der Waals surface area contributed by atoms with Gasteiger partial charge in [0.1, 0.15) is 5.65 Å². The molecule has 2 aromatic heterocycles. The quantitative estimate of drug-likeness (QED) is 0.451. The van der Waals surface area contributed by atoms with Crippen molar-refractivity contribution in [3.05, 3.63) is 18.0 Å². The molecule has 35 heavy (non-hydrogen) atoms. The number of hydrogen-bond acceptors (Lipinski definition) is 6. The standard InChI is InChI=1S/C27H44N6O.ClH/c1-2-3-12-29-27-30-17-24-25(19-33(26(24)31-27)22-8-10-23(34)11-9-22)21-6-4-20(5-7-21)18-32-15-13-28-14-16-32;/h17,19-23,28,34H,2-16,18H2,1H3,(H,29,30,31);1H/t20-,21+,22-,23-;. The van der Waals surface area contributed by atoms with Crippen molar-refractivity contribution in [3.8, 4) is 0 Å². The zero-order valence-electron chi connectivity index (χ0n) is 21.4. The predicted molar refractivity (Wildman–Crippen MR) is 146 cm³/mol. The Morgan fingerprint density at radius 2 is 1.80 bits per heavy atom. The van der Waals surface area contributed by atoms with E-state index in [4.69, 9.17) is 9.97 Å². The van der Waals surface area contributed by atoms with Crippen LogP contribution in [0.3, 0.4) is 0 Å². The fourth-order valence-electron chi connectivity index (χ4n) is 6.37. The highest BCUT2D eigenvalue weighted by molar-refractivity contribution is 5.85. The third-order valence-electron chi connectivity index (χ3n) is 8.49. The van der Waals surface area contributed by atoms with Crippen LogP contribution in [0.25, 0.3) is 11.0 Å². The van der Waals surface area contributed by atoms with Crippen LogP contribution in [0, 0.1) is 5.92 Å². The molecule has 196 valence electrons. The molecule has 2 saturated carbocycles. The molecule has 5 rings (SSSR count). The number of halogens is 1. The molecule has 0 bridgehead atoms. The Morgan fingerprint density at radius 3 is 2.51 bits per heavy atom. The van der Waals surface area contributed by atoms with E-state index in [9.17, 15) is 5.11 Å². The van der Waals surface area contributed by atoms with Crippen LogP contribution in [0.2, 0.25) is 0 Å². The lowest BCUT2D eigenvalue weighted by Gasteiger charge is -2.34. The van der Waals surface area contributed by atoms with Gasteiger partial charge < -0.3 is 25.2 Å². The number of anilines is 1. The summed E-state index contributed by atoms with van der Waals surface area (Å²) in [6.45, 7) is 9.09. The summed E-state index contributed by atoms with van der Waals surface area (Å²) in [5, 5.41) is 18.2. The fourth-order valence-corrected chi connectivity index (χ4v) is 6.37. The zero-order chi connectivity index (χ0) is 23.3. The number of aliphatic hydroxyl groups excluding tert-OH is 1. The Morgan fingerprint density at radius 1 is 1.06 bits per heavy atom. The first-order chi connectivity index (χ1) is 16.7. The highest BCUT2D eigenvalue weighted by Gasteiger charge is 2.29. The van der Waals surface area contributed by atoms with Crippen LogP contribution in [0.5, 0.6) is 0 Å². The highest BCUT2D eigenvalue weighted by atomic mass is 35.5. The van der Waals surface area contributed by atoms with Gasteiger partial charge in [0, 0.05) is 63.1 Å². The lowest BCUT2D eigenvalue weighted by Crippen LogP contribution is -2.45. The van der Waals surface area contributed by atoms with Crippen LogP contribution >= 0.6 is 12.4 Å². The van der Waals surface area contributed by atoms with Crippen LogP contribution in [0.4, 0.5) is 5.95 Å². The minimum Gasteiger partial charge on any atom is -0.393 e. The van der Waals surface area contributed by atoms with Gasteiger partial charge in [-0.25, -0.2) is 4.98 Å². The fraction of sp³-hybridized carbons (Fsp3) is 0.778. The van der Waals surface area contributed by atoms with Crippen molar-refractivity contribution in [1.29, 1.82) is 0 Å². The number of aromatic nitrogens is 3. The van der Waals surface area contributed by atoms with Crippen LogP contribution in [-0.2, 0) is 0 Å². The molecule has 2 aliphatic carbocycles. The third kappa shape index (κ3) is 6.48. The molecule has 0 aromatic carbocycles. The van der Waals surface area contributed by atoms with Crippen molar-refractivity contribution in [2.45, 2.75) is 89.2 Å². The van der Waals surface area contributed by atoms with Gasteiger partial charge in [-0.15, -0.1) is 12.4 Å². The van der Waals surface area contributed by atoms with E-state index in [-0.39, 0.29) is 18.5 Å². The SMILES string of the molecule is CCCCNc1ncc2c(n1)n([C@H]1CC[C@H](O)CC1)cc2[C@H]1CC[C@@H](CN2CCNCC2)CC1.Cl. The maximum atomic E-state index is 10.1. The average molecular weight is 505 g/mol. The van der Waals surface area contributed by atoms with Crippen molar-refractivity contribution in [1.82, 2.24) is 24.8 Å². The summed E-state index contributed by atoms with van der Waals surface area (Å²) >= 11 is 0. The minimum atomic E-state index is -0.135. The van der Waals surface area contributed by atoms with Crippen LogP contribution in [0.1, 0.15) is 88.7 Å². The molecule has 3 heterocycles. The van der Waals surface area contributed by atoms with Gasteiger partial charge in [-0.05, 0) is 75.2 Å². The van der Waals surface area contributed by atoms with Crippen LogP contribution in [-0.4, -0.2) is 69.9 Å². The second-order valence-electron chi connectivity index (χ2n) is 10.9. The summed E-state index contributed by atoms with van der Waals surface area (Å²) in [7, 11) is 0. The minimum absolute atomic E-state index is 0. The van der Waals surface area contributed by atoms with Crippen molar-refractivity contribution in [3.63, 3.8) is 0 Å². The first-order valence-electron chi connectivity index (χ1n) is 13.9. The first kappa shape index (κ1) is 26.6. The van der Waals surface area contributed by atoms with E-state index in [1.165, 1.54) is 56.3 Å². The van der Waals surface area contributed by atoms with E-state index >= 15 is 0 Å². The lowest BCUT2D eigenvalue weighted by molar-refractivity contribution is 0.111. The van der Waals surface area contributed by atoms with Gasteiger partial charge in [0.2, 0.25) is 5.95 Å². The van der Waals surface area contributed by atoms with Crippen molar-refractivity contribution in [2.75, 3.05) is 44.6 Å². The van der Waals surface area contributed by atoms with Crippen molar-refractivity contribution < 1.29 is 5.11 Å². The topological polar surface area (TPSA) is 78.2 Å². The normalized spacial score (nSPS) is 28.1. The van der Waals surface area contributed by atoms with E-state index in [0.29, 0.717) is 12.0 Å². The second kappa shape index (κ2) is 12.7. The number of aliphatic hydroxyl groups is 1. The van der Waals surface area contributed by atoms with Gasteiger partial charge in [-0.1, -0.05) is 13.3 Å². The number of nitrogens with one attached hydrogen (secondary N) is 2. The van der Waals surface area contributed by atoms with E-state index in [1.807, 2.05) is 0 Å². The second-order valence-corrected chi connectivity index (χ2v) is 10.9. The number of nitrogens with zero attached hydrogens (tertiary/aromatic N) is 4. The molecule has 3 fully saturated rings. The van der Waals surface area contributed by atoms with Gasteiger partial charge in [0.15, 0.2) is 0 Å². The Kier molecular flexibility index (Phi) is 9.67. The number of hydrogen-bond donors (Lipinski definition) is 3. The number of unbranched alkanes of at least 4 members (excludes halogenated alkanes) is 1. The van der Waals surface area contributed by atoms with E-state index < -0.39 is 0 Å². The third-order valence-corrected chi connectivity index (χ3v) is 8.49. The first-order valence-corrected chi connectivity index (χ1v) is 13.9. The number of fused-ring (bicyclic) bond motifs is 1. The predicted octanol–water partition coefficient (Wildman–Crippen LogP) is 4.72. The van der Waals surface area contributed by atoms with Crippen molar-refractivity contribution >= 4 is 29.4 Å². The monoisotopic (exact) mass is 504 g/mol. The lowest BCUT2D eigenvalue weighted by atomic mass is 9.78. The Balaban J connectivity index is 0.00000289. The molecule has 3 N–H and O–H groups in total. The average Bonchev–Trinajstić information content (AvgIpc) is 3.25. The Hall–Kier alpha value is -1.41. The van der Waals surface area contributed by atoms with Gasteiger partial charge in [-0.2, -0.15) is 4.98 Å². The summed E-state index contributed by atoms with van der Waals surface area (Å²) < 4.78 is 2.44. The van der Waals surface area contributed by atoms with Crippen molar-refractivity contribution in [2.24, 2.45) is 5.92 Å². The number of rotatable bonds is 8. The molecule has 0 radical (unpaired) electrons. The summed E-state index contributed by atoms with van der Waals surface area (Å²) in [6, 6.07) is 0.432. The van der Waals surface area contributed by atoms with Gasteiger partial charge in [-0.3, -0.25) is 0 Å². The van der Waals surface area contributed by atoms with Crippen LogP contribution < -0.4 is 10.6 Å². The molecule has 7 nitrogen and oxygen atoms in total. The highest BCUT2D eigenvalue weighted by Crippen LogP contribution is 2.41. The van der Waals surface area contributed by atoms with E-state index in [2.05, 4.69) is 39.4 Å². The largest absolute Gasteiger partial charge is 0.393 e. The van der Waals surface area contributed by atoms with E-state index in [1.54, 1.807) is 0 Å². The maximum absolute atomic E-state index is 10.1.